The monoisotopic (exact) mass is 313 g/mol. The summed E-state index contributed by atoms with van der Waals surface area (Å²) >= 11 is 5.86. The first-order valence-electron chi connectivity index (χ1n) is 6.13. The van der Waals surface area contributed by atoms with Gasteiger partial charge in [-0.05, 0) is 12.8 Å². The fraction of sp³-hybridized carbons (Fsp3) is 0.333. The van der Waals surface area contributed by atoms with Crippen LogP contribution in [-0.2, 0) is 4.79 Å². The highest BCUT2D eigenvalue weighted by Crippen LogP contribution is 2.31. The standard InChI is InChI=1S/C12H12ClN3O5/c13-9-4-7(16(20)21)3-8(12(18)19)11(9)14-5-10(17)15-6-1-2-6/h3-4,6,14H,1-2,5H2,(H,15,17)(H,18,19). The normalized spacial score (nSPS) is 13.6. The van der Waals surface area contributed by atoms with Crippen molar-refractivity contribution < 1.29 is 19.6 Å². The van der Waals surface area contributed by atoms with Gasteiger partial charge in [0.05, 0.1) is 27.7 Å². The minimum Gasteiger partial charge on any atom is -0.478 e. The predicted octanol–water partition coefficient (Wildman–Crippen LogP) is 1.64. The lowest BCUT2D eigenvalue weighted by atomic mass is 10.1. The minimum atomic E-state index is -1.37. The second-order valence-electron chi connectivity index (χ2n) is 4.61. The molecule has 1 aliphatic rings. The lowest BCUT2D eigenvalue weighted by molar-refractivity contribution is -0.384. The number of carboxylic acids is 1. The van der Waals surface area contributed by atoms with Crippen LogP contribution in [0.5, 0.6) is 0 Å². The maximum Gasteiger partial charge on any atom is 0.338 e. The molecule has 0 radical (unpaired) electrons. The zero-order chi connectivity index (χ0) is 15.6. The van der Waals surface area contributed by atoms with Crippen molar-refractivity contribution in [1.82, 2.24) is 5.32 Å². The lowest BCUT2D eigenvalue weighted by Gasteiger charge is -2.11. The van der Waals surface area contributed by atoms with Crippen molar-refractivity contribution >= 4 is 34.9 Å². The SMILES string of the molecule is O=C(CNc1c(Cl)cc([N+](=O)[O-])cc1C(=O)O)NC1CC1. The van der Waals surface area contributed by atoms with E-state index in [-0.39, 0.29) is 34.8 Å². The Labute approximate surface area is 124 Å². The van der Waals surface area contributed by atoms with E-state index in [0.29, 0.717) is 0 Å². The number of amides is 1. The highest BCUT2D eigenvalue weighted by Gasteiger charge is 2.24. The number of nitrogens with zero attached hydrogens (tertiary/aromatic N) is 1. The van der Waals surface area contributed by atoms with Gasteiger partial charge in [-0.3, -0.25) is 14.9 Å². The Bertz CT molecular complexity index is 615. The summed E-state index contributed by atoms with van der Waals surface area (Å²) < 4.78 is 0. The molecule has 1 saturated carbocycles. The molecule has 2 rings (SSSR count). The average molecular weight is 314 g/mol. The van der Waals surface area contributed by atoms with Gasteiger partial charge in [-0.25, -0.2) is 4.79 Å². The summed E-state index contributed by atoms with van der Waals surface area (Å²) in [5, 5.41) is 25.0. The summed E-state index contributed by atoms with van der Waals surface area (Å²) in [4.78, 5) is 32.7. The largest absolute Gasteiger partial charge is 0.478 e. The van der Waals surface area contributed by atoms with E-state index >= 15 is 0 Å². The van der Waals surface area contributed by atoms with Crippen LogP contribution in [0.4, 0.5) is 11.4 Å². The number of nitrogens with one attached hydrogen (secondary N) is 2. The van der Waals surface area contributed by atoms with Crippen LogP contribution in [0, 0.1) is 10.1 Å². The van der Waals surface area contributed by atoms with E-state index in [4.69, 9.17) is 16.7 Å². The smallest absolute Gasteiger partial charge is 0.338 e. The molecule has 0 atom stereocenters. The number of benzene rings is 1. The Kier molecular flexibility index (Phi) is 4.27. The molecule has 1 fully saturated rings. The van der Waals surface area contributed by atoms with Crippen molar-refractivity contribution in [3.63, 3.8) is 0 Å². The number of anilines is 1. The molecule has 1 amide bonds. The number of aromatic carboxylic acids is 1. The average Bonchev–Trinajstić information content (AvgIpc) is 3.19. The number of nitro groups is 1. The van der Waals surface area contributed by atoms with Crippen LogP contribution in [0.3, 0.4) is 0 Å². The van der Waals surface area contributed by atoms with Crippen LogP contribution in [0.1, 0.15) is 23.2 Å². The van der Waals surface area contributed by atoms with E-state index in [1.807, 2.05) is 0 Å². The number of carbonyl (C=O) groups is 2. The van der Waals surface area contributed by atoms with Crippen molar-refractivity contribution in [2.45, 2.75) is 18.9 Å². The molecule has 9 heteroatoms. The van der Waals surface area contributed by atoms with Crippen LogP contribution in [0.2, 0.25) is 5.02 Å². The minimum absolute atomic E-state index is 0.0132. The summed E-state index contributed by atoms with van der Waals surface area (Å²) in [5.74, 6) is -1.66. The number of hydrogen-bond acceptors (Lipinski definition) is 5. The third-order valence-corrected chi connectivity index (χ3v) is 3.18. The quantitative estimate of drug-likeness (QED) is 0.542. The molecule has 21 heavy (non-hydrogen) atoms. The zero-order valence-corrected chi connectivity index (χ0v) is 11.5. The topological polar surface area (TPSA) is 122 Å². The number of rotatable bonds is 6. The summed E-state index contributed by atoms with van der Waals surface area (Å²) in [6.45, 7) is -0.158. The fourth-order valence-electron chi connectivity index (χ4n) is 1.72. The molecule has 0 aliphatic heterocycles. The molecular formula is C12H12ClN3O5. The molecular weight excluding hydrogens is 302 g/mol. The first kappa shape index (κ1) is 15.0. The predicted molar refractivity (Wildman–Crippen MR) is 74.7 cm³/mol. The molecule has 0 spiro atoms. The lowest BCUT2D eigenvalue weighted by Crippen LogP contribution is -2.31. The molecule has 1 aliphatic carbocycles. The molecule has 0 heterocycles. The van der Waals surface area contributed by atoms with Crippen molar-refractivity contribution in [2.75, 3.05) is 11.9 Å². The summed E-state index contributed by atoms with van der Waals surface area (Å²) in [6.07, 6.45) is 1.87. The first-order chi connectivity index (χ1) is 9.88. The van der Waals surface area contributed by atoms with Gasteiger partial charge in [0.1, 0.15) is 0 Å². The Balaban J connectivity index is 2.18. The van der Waals surface area contributed by atoms with Gasteiger partial charge >= 0.3 is 5.97 Å². The van der Waals surface area contributed by atoms with Crippen LogP contribution >= 0.6 is 11.6 Å². The van der Waals surface area contributed by atoms with Crippen molar-refractivity contribution in [3.05, 3.63) is 32.8 Å². The Morgan fingerprint density at radius 3 is 2.62 bits per heavy atom. The van der Waals surface area contributed by atoms with Gasteiger partial charge in [0, 0.05) is 18.2 Å². The first-order valence-corrected chi connectivity index (χ1v) is 6.50. The molecule has 1 aromatic carbocycles. The molecule has 112 valence electrons. The third-order valence-electron chi connectivity index (χ3n) is 2.88. The van der Waals surface area contributed by atoms with Crippen LogP contribution in [-0.4, -0.2) is 34.5 Å². The van der Waals surface area contributed by atoms with Crippen LogP contribution in [0.25, 0.3) is 0 Å². The third kappa shape index (κ3) is 3.82. The summed E-state index contributed by atoms with van der Waals surface area (Å²) in [6, 6.07) is 2.12. The maximum atomic E-state index is 11.6. The van der Waals surface area contributed by atoms with E-state index in [1.54, 1.807) is 0 Å². The van der Waals surface area contributed by atoms with Gasteiger partial charge in [-0.1, -0.05) is 11.6 Å². The van der Waals surface area contributed by atoms with Gasteiger partial charge in [0.25, 0.3) is 5.69 Å². The van der Waals surface area contributed by atoms with Gasteiger partial charge in [-0.15, -0.1) is 0 Å². The number of nitro benzene ring substituents is 1. The van der Waals surface area contributed by atoms with Gasteiger partial charge in [0.15, 0.2) is 0 Å². The number of non-ortho nitro benzene ring substituents is 1. The van der Waals surface area contributed by atoms with Crippen molar-refractivity contribution in [2.24, 2.45) is 0 Å². The number of carbonyl (C=O) groups excluding carboxylic acids is 1. The Hall–Kier alpha value is -2.35. The van der Waals surface area contributed by atoms with Crippen LogP contribution < -0.4 is 10.6 Å². The molecule has 3 N–H and O–H groups in total. The number of halogens is 1. The van der Waals surface area contributed by atoms with Gasteiger partial charge < -0.3 is 15.7 Å². The summed E-state index contributed by atoms with van der Waals surface area (Å²) in [5.41, 5.74) is -0.792. The van der Waals surface area contributed by atoms with E-state index in [2.05, 4.69) is 10.6 Å². The molecule has 8 nitrogen and oxygen atoms in total. The van der Waals surface area contributed by atoms with Crippen molar-refractivity contribution in [1.29, 1.82) is 0 Å². The Morgan fingerprint density at radius 1 is 1.43 bits per heavy atom. The van der Waals surface area contributed by atoms with E-state index in [9.17, 15) is 19.7 Å². The van der Waals surface area contributed by atoms with Gasteiger partial charge in [-0.2, -0.15) is 0 Å². The second kappa shape index (κ2) is 5.96. The van der Waals surface area contributed by atoms with Crippen LogP contribution in [0.15, 0.2) is 12.1 Å². The molecule has 1 aromatic rings. The van der Waals surface area contributed by atoms with E-state index in [0.717, 1.165) is 25.0 Å². The fourth-order valence-corrected chi connectivity index (χ4v) is 2.00. The molecule has 0 bridgehead atoms. The molecule has 0 saturated heterocycles. The summed E-state index contributed by atoms with van der Waals surface area (Å²) in [7, 11) is 0. The van der Waals surface area contributed by atoms with Crippen molar-refractivity contribution in [3.8, 4) is 0 Å². The highest BCUT2D eigenvalue weighted by atomic mass is 35.5. The number of carboxylic acid groups (broad SMARTS) is 1. The molecule has 0 unspecified atom stereocenters. The zero-order valence-electron chi connectivity index (χ0n) is 10.8. The number of hydrogen-bond donors (Lipinski definition) is 3. The highest BCUT2D eigenvalue weighted by molar-refractivity contribution is 6.34. The van der Waals surface area contributed by atoms with E-state index < -0.39 is 16.6 Å². The molecule has 0 aromatic heterocycles. The Morgan fingerprint density at radius 2 is 2.10 bits per heavy atom. The van der Waals surface area contributed by atoms with E-state index in [1.165, 1.54) is 0 Å². The second-order valence-corrected chi connectivity index (χ2v) is 5.01. The van der Waals surface area contributed by atoms with Gasteiger partial charge in [0.2, 0.25) is 5.91 Å². The maximum absolute atomic E-state index is 11.6.